The maximum Gasteiger partial charge on any atom is 0.327 e. The highest BCUT2D eigenvalue weighted by Gasteiger charge is 2.31. The van der Waals surface area contributed by atoms with E-state index in [1.807, 2.05) is 30.3 Å². The SMILES string of the molecule is CC(C)(C)OC(=O)CN(c1ccc(C(=O)NCc2ccccc2)c2ccccc12)S(=O)(=O)c1cc(Cl)cc(Cl)c1. The highest BCUT2D eigenvalue weighted by molar-refractivity contribution is 7.93. The molecular weight excluding hydrogens is 571 g/mol. The number of rotatable bonds is 8. The molecule has 10 heteroatoms. The summed E-state index contributed by atoms with van der Waals surface area (Å²) >= 11 is 12.2. The Labute approximate surface area is 243 Å². The molecule has 0 radical (unpaired) electrons. The lowest BCUT2D eigenvalue weighted by Gasteiger charge is -2.27. The average molecular weight is 600 g/mol. The molecule has 0 fully saturated rings. The molecule has 1 amide bonds. The van der Waals surface area contributed by atoms with Crippen LogP contribution in [0.25, 0.3) is 10.8 Å². The lowest BCUT2D eigenvalue weighted by molar-refractivity contribution is -0.152. The molecule has 0 aromatic heterocycles. The summed E-state index contributed by atoms with van der Waals surface area (Å²) in [5.41, 5.74) is 0.647. The Bertz CT molecular complexity index is 1650. The maximum atomic E-state index is 14.0. The molecule has 0 saturated carbocycles. The predicted octanol–water partition coefficient (Wildman–Crippen LogP) is 6.61. The van der Waals surface area contributed by atoms with Crippen LogP contribution in [0.3, 0.4) is 0 Å². The second kappa shape index (κ2) is 11.9. The number of halogens is 2. The fourth-order valence-corrected chi connectivity index (χ4v) is 6.32. The molecule has 0 saturated heterocycles. The van der Waals surface area contributed by atoms with E-state index < -0.39 is 28.1 Å². The molecule has 40 heavy (non-hydrogen) atoms. The predicted molar refractivity (Wildman–Crippen MR) is 158 cm³/mol. The van der Waals surface area contributed by atoms with Gasteiger partial charge in [0, 0.05) is 27.5 Å². The molecule has 0 aliphatic heterocycles. The Morgan fingerprint density at radius 1 is 0.850 bits per heavy atom. The van der Waals surface area contributed by atoms with Crippen molar-refractivity contribution in [3.8, 4) is 0 Å². The van der Waals surface area contributed by atoms with E-state index in [1.165, 1.54) is 24.3 Å². The zero-order chi connectivity index (χ0) is 29.1. The fourth-order valence-electron chi connectivity index (χ4n) is 4.17. The van der Waals surface area contributed by atoms with Gasteiger partial charge in [-0.3, -0.25) is 13.9 Å². The number of carbonyl (C=O) groups excluding carboxylic acids is 2. The number of nitrogens with one attached hydrogen (secondary N) is 1. The fraction of sp³-hybridized carbons (Fsp3) is 0.200. The van der Waals surface area contributed by atoms with E-state index in [4.69, 9.17) is 27.9 Å². The monoisotopic (exact) mass is 598 g/mol. The van der Waals surface area contributed by atoms with Gasteiger partial charge in [-0.15, -0.1) is 0 Å². The van der Waals surface area contributed by atoms with Crippen molar-refractivity contribution in [3.05, 3.63) is 106 Å². The standard InChI is InChI=1S/C30H28Cl2N2O5S/c1-30(2,3)39-28(35)19-34(40(37,38)23-16-21(31)15-22(32)17-23)27-14-13-26(24-11-7-8-12-25(24)27)29(36)33-18-20-9-5-4-6-10-20/h4-17H,18-19H2,1-3H3,(H,33,36). The highest BCUT2D eigenvalue weighted by Crippen LogP contribution is 2.34. The number of ether oxygens (including phenoxy) is 1. The van der Waals surface area contributed by atoms with Crippen LogP contribution in [-0.4, -0.2) is 32.4 Å². The van der Waals surface area contributed by atoms with E-state index >= 15 is 0 Å². The molecule has 0 heterocycles. The Morgan fingerprint density at radius 2 is 1.45 bits per heavy atom. The highest BCUT2D eigenvalue weighted by atomic mass is 35.5. The summed E-state index contributed by atoms with van der Waals surface area (Å²) < 4.78 is 34.4. The molecule has 0 spiro atoms. The molecule has 0 aliphatic rings. The third kappa shape index (κ3) is 6.94. The van der Waals surface area contributed by atoms with Gasteiger partial charge in [-0.05, 0) is 62.1 Å². The molecule has 4 aromatic rings. The van der Waals surface area contributed by atoms with Crippen molar-refractivity contribution >= 4 is 61.6 Å². The molecule has 0 bridgehead atoms. The first-order valence-electron chi connectivity index (χ1n) is 12.4. The summed E-state index contributed by atoms with van der Waals surface area (Å²) in [6.45, 7) is 4.79. The molecule has 0 atom stereocenters. The van der Waals surface area contributed by atoms with Crippen LogP contribution in [0.2, 0.25) is 10.0 Å². The van der Waals surface area contributed by atoms with E-state index in [0.29, 0.717) is 22.9 Å². The minimum absolute atomic E-state index is 0.124. The quantitative estimate of drug-likeness (QED) is 0.230. The van der Waals surface area contributed by atoms with Gasteiger partial charge in [0.05, 0.1) is 10.6 Å². The van der Waals surface area contributed by atoms with Gasteiger partial charge in [0.1, 0.15) is 12.1 Å². The van der Waals surface area contributed by atoms with Gasteiger partial charge in [-0.2, -0.15) is 0 Å². The first-order chi connectivity index (χ1) is 18.8. The Balaban J connectivity index is 1.80. The van der Waals surface area contributed by atoms with E-state index in [-0.39, 0.29) is 26.5 Å². The summed E-state index contributed by atoms with van der Waals surface area (Å²) in [4.78, 5) is 25.9. The van der Waals surface area contributed by atoms with Crippen molar-refractivity contribution in [2.75, 3.05) is 10.8 Å². The minimum atomic E-state index is -4.36. The van der Waals surface area contributed by atoms with Crippen LogP contribution in [0, 0.1) is 0 Å². The number of carbonyl (C=O) groups is 2. The van der Waals surface area contributed by atoms with Crippen LogP contribution in [0.15, 0.2) is 89.8 Å². The summed E-state index contributed by atoms with van der Waals surface area (Å²) in [5.74, 6) is -1.08. The van der Waals surface area contributed by atoms with Crippen LogP contribution >= 0.6 is 23.2 Å². The molecular formula is C30H28Cl2N2O5S. The number of benzene rings is 4. The summed E-state index contributed by atoms with van der Waals surface area (Å²) in [7, 11) is -4.36. The second-order valence-electron chi connectivity index (χ2n) is 10.0. The summed E-state index contributed by atoms with van der Waals surface area (Å²) in [5, 5.41) is 4.12. The number of fused-ring (bicyclic) bond motifs is 1. The topological polar surface area (TPSA) is 92.8 Å². The van der Waals surface area contributed by atoms with Crippen molar-refractivity contribution in [1.29, 1.82) is 0 Å². The second-order valence-corrected chi connectivity index (χ2v) is 12.8. The Morgan fingerprint density at radius 3 is 2.08 bits per heavy atom. The van der Waals surface area contributed by atoms with Crippen molar-refractivity contribution in [2.24, 2.45) is 0 Å². The number of esters is 1. The van der Waals surface area contributed by atoms with E-state index in [0.717, 1.165) is 9.87 Å². The van der Waals surface area contributed by atoms with Crippen molar-refractivity contribution in [2.45, 2.75) is 37.8 Å². The maximum absolute atomic E-state index is 14.0. The molecule has 0 aliphatic carbocycles. The largest absolute Gasteiger partial charge is 0.459 e. The van der Waals surface area contributed by atoms with E-state index in [2.05, 4.69) is 5.32 Å². The van der Waals surface area contributed by atoms with E-state index in [9.17, 15) is 18.0 Å². The van der Waals surface area contributed by atoms with Gasteiger partial charge in [0.15, 0.2) is 0 Å². The average Bonchev–Trinajstić information content (AvgIpc) is 2.89. The van der Waals surface area contributed by atoms with Crippen LogP contribution < -0.4 is 9.62 Å². The molecule has 7 nitrogen and oxygen atoms in total. The molecule has 4 rings (SSSR count). The first kappa shape index (κ1) is 29.4. The first-order valence-corrected chi connectivity index (χ1v) is 14.6. The van der Waals surface area contributed by atoms with Crippen molar-refractivity contribution in [1.82, 2.24) is 5.32 Å². The van der Waals surface area contributed by atoms with Crippen LogP contribution in [0.4, 0.5) is 5.69 Å². The summed E-state index contributed by atoms with van der Waals surface area (Å²) in [6.07, 6.45) is 0. The molecule has 208 valence electrons. The molecule has 4 aromatic carbocycles. The van der Waals surface area contributed by atoms with Gasteiger partial charge < -0.3 is 10.1 Å². The number of amides is 1. The molecule has 0 unspecified atom stereocenters. The van der Waals surface area contributed by atoms with Gasteiger partial charge in [-0.25, -0.2) is 8.42 Å². The summed E-state index contributed by atoms with van der Waals surface area (Å²) in [6, 6.07) is 23.4. The van der Waals surface area contributed by atoms with Crippen molar-refractivity contribution < 1.29 is 22.7 Å². The Kier molecular flexibility index (Phi) is 8.73. The number of sulfonamides is 1. The molecule has 1 N–H and O–H groups in total. The zero-order valence-electron chi connectivity index (χ0n) is 22.1. The zero-order valence-corrected chi connectivity index (χ0v) is 24.5. The van der Waals surface area contributed by atoms with Crippen molar-refractivity contribution in [3.63, 3.8) is 0 Å². The Hall–Kier alpha value is -3.59. The van der Waals surface area contributed by atoms with Crippen LogP contribution in [0.5, 0.6) is 0 Å². The normalized spacial score (nSPS) is 11.7. The van der Waals surface area contributed by atoms with Gasteiger partial charge in [-0.1, -0.05) is 77.8 Å². The lowest BCUT2D eigenvalue weighted by Crippen LogP contribution is -2.39. The number of hydrogen-bond acceptors (Lipinski definition) is 5. The minimum Gasteiger partial charge on any atom is -0.459 e. The third-order valence-corrected chi connectivity index (χ3v) is 8.00. The van der Waals surface area contributed by atoms with E-state index in [1.54, 1.807) is 51.1 Å². The van der Waals surface area contributed by atoms with Gasteiger partial charge >= 0.3 is 5.97 Å². The van der Waals surface area contributed by atoms with Gasteiger partial charge in [0.2, 0.25) is 0 Å². The van der Waals surface area contributed by atoms with Crippen LogP contribution in [0.1, 0.15) is 36.7 Å². The number of hydrogen-bond donors (Lipinski definition) is 1. The lowest BCUT2D eigenvalue weighted by atomic mass is 10.0. The van der Waals surface area contributed by atoms with Crippen LogP contribution in [-0.2, 0) is 26.1 Å². The number of nitrogens with zero attached hydrogens (tertiary/aromatic N) is 1. The smallest absolute Gasteiger partial charge is 0.327 e. The third-order valence-electron chi connectivity index (χ3n) is 5.83. The van der Waals surface area contributed by atoms with Gasteiger partial charge in [0.25, 0.3) is 15.9 Å². The number of anilines is 1.